The molecule has 0 aliphatic carbocycles. The number of aromatic nitrogens is 1. The van der Waals surface area contributed by atoms with Crippen LogP contribution in [0.15, 0.2) is 73.1 Å². The van der Waals surface area contributed by atoms with Crippen molar-refractivity contribution in [2.75, 3.05) is 26.3 Å². The quantitative estimate of drug-likeness (QED) is 0.247. The SMILES string of the molecule is C(=C\C1CCNC1)/c1cncc(OC2CCOCC2)c1.Cc1ccc(C(=O)O[C@H](C(=O)O)[C@H](OC(=O)c2ccc(C)cc2)C(=O)O)cc1. The molecule has 12 heteroatoms. The van der Waals surface area contributed by atoms with Gasteiger partial charge >= 0.3 is 23.9 Å². The van der Waals surface area contributed by atoms with Gasteiger partial charge in [0.05, 0.1) is 30.5 Å². The van der Waals surface area contributed by atoms with Gasteiger partial charge in [0.2, 0.25) is 12.2 Å². The van der Waals surface area contributed by atoms with Crippen molar-refractivity contribution in [3.63, 3.8) is 0 Å². The molecule has 2 aliphatic heterocycles. The van der Waals surface area contributed by atoms with Gasteiger partial charge in [0.25, 0.3) is 0 Å². The molecule has 0 saturated carbocycles. The molecular formula is C36H40N2O10. The van der Waals surface area contributed by atoms with E-state index in [1.807, 2.05) is 6.20 Å². The van der Waals surface area contributed by atoms with Crippen LogP contribution in [0.3, 0.4) is 0 Å². The number of nitrogens with one attached hydrogen (secondary N) is 1. The van der Waals surface area contributed by atoms with Crippen LogP contribution in [0.2, 0.25) is 0 Å². The maximum atomic E-state index is 12.2. The number of aliphatic carboxylic acids is 2. The third kappa shape index (κ3) is 11.0. The van der Waals surface area contributed by atoms with Crippen LogP contribution in [0.4, 0.5) is 0 Å². The maximum Gasteiger partial charge on any atom is 0.349 e. The average Bonchev–Trinajstić information content (AvgIpc) is 3.60. The Kier molecular flexibility index (Phi) is 13.2. The van der Waals surface area contributed by atoms with Crippen LogP contribution in [0.1, 0.15) is 56.7 Å². The number of pyridine rings is 1. The van der Waals surface area contributed by atoms with Gasteiger partial charge in [-0.25, -0.2) is 19.2 Å². The Balaban J connectivity index is 0.000000228. The molecule has 5 rings (SSSR count). The summed E-state index contributed by atoms with van der Waals surface area (Å²) in [7, 11) is 0. The number of carboxylic acids is 2. The van der Waals surface area contributed by atoms with Crippen molar-refractivity contribution < 1.29 is 48.3 Å². The van der Waals surface area contributed by atoms with Gasteiger partial charge < -0.3 is 34.5 Å². The summed E-state index contributed by atoms with van der Waals surface area (Å²) < 4.78 is 21.0. The highest BCUT2D eigenvalue weighted by molar-refractivity contribution is 5.95. The van der Waals surface area contributed by atoms with Gasteiger partial charge in [-0.3, -0.25) is 4.98 Å². The van der Waals surface area contributed by atoms with Crippen LogP contribution in [-0.2, 0) is 23.8 Å². The van der Waals surface area contributed by atoms with Gasteiger partial charge in [-0.1, -0.05) is 47.5 Å². The van der Waals surface area contributed by atoms with E-state index in [9.17, 15) is 29.4 Å². The normalized spacial score (nSPS) is 17.4. The van der Waals surface area contributed by atoms with Crippen LogP contribution in [-0.4, -0.2) is 83.7 Å². The van der Waals surface area contributed by atoms with Crippen LogP contribution in [0.5, 0.6) is 5.75 Å². The van der Waals surface area contributed by atoms with Gasteiger partial charge in [-0.05, 0) is 68.6 Å². The summed E-state index contributed by atoms with van der Waals surface area (Å²) in [5.74, 6) is -4.11. The molecule has 1 unspecified atom stereocenters. The Morgan fingerprint density at radius 2 is 1.38 bits per heavy atom. The lowest BCUT2D eigenvalue weighted by atomic mass is 10.1. The van der Waals surface area contributed by atoms with Crippen LogP contribution in [0, 0.1) is 19.8 Å². The first-order chi connectivity index (χ1) is 23.1. The lowest BCUT2D eigenvalue weighted by molar-refractivity contribution is -0.166. The fraction of sp³-hybridized carbons (Fsp3) is 0.361. The molecule has 2 aromatic carbocycles. The summed E-state index contributed by atoms with van der Waals surface area (Å²) >= 11 is 0. The zero-order valence-electron chi connectivity index (χ0n) is 26.9. The molecule has 3 aromatic rings. The maximum absolute atomic E-state index is 12.2. The predicted octanol–water partition coefficient (Wildman–Crippen LogP) is 4.49. The van der Waals surface area contributed by atoms with Crippen molar-refractivity contribution in [1.29, 1.82) is 0 Å². The number of hydrogen-bond donors (Lipinski definition) is 3. The molecule has 254 valence electrons. The van der Waals surface area contributed by atoms with E-state index in [4.69, 9.17) is 18.9 Å². The average molecular weight is 661 g/mol. The van der Waals surface area contributed by atoms with E-state index in [-0.39, 0.29) is 17.2 Å². The molecular weight excluding hydrogens is 620 g/mol. The summed E-state index contributed by atoms with van der Waals surface area (Å²) in [6, 6.07) is 14.1. The van der Waals surface area contributed by atoms with Gasteiger partial charge in [0.15, 0.2) is 0 Å². The van der Waals surface area contributed by atoms with E-state index in [2.05, 4.69) is 28.5 Å². The highest BCUT2D eigenvalue weighted by atomic mass is 16.6. The molecule has 3 N–H and O–H groups in total. The van der Waals surface area contributed by atoms with E-state index < -0.39 is 36.1 Å². The second-order valence-corrected chi connectivity index (χ2v) is 11.6. The number of esters is 2. The minimum Gasteiger partial charge on any atom is -0.489 e. The summed E-state index contributed by atoms with van der Waals surface area (Å²) in [6.07, 6.45) is 7.09. The van der Waals surface area contributed by atoms with Crippen molar-refractivity contribution in [1.82, 2.24) is 10.3 Å². The standard InChI is InChI=1S/C20H18O8.C16H22N2O2/c1-11-3-7-13(8-4-11)19(25)27-15(17(21)22)16(18(23)24)28-20(26)14-9-5-12(2)6-10-14;1(13-3-6-17-10-13)2-14-9-16(12-18-11-14)20-15-4-7-19-8-5-15/h3-10,15-16H,1-2H3,(H,21,22)(H,23,24);1-2,9,11-13,15,17H,3-8,10H2/b;2-1+/t15-,16-;/m0./s1. The number of carbonyl (C=O) groups excluding carboxylic acids is 2. The molecule has 12 nitrogen and oxygen atoms in total. The third-order valence-corrected chi connectivity index (χ3v) is 7.67. The molecule has 0 radical (unpaired) electrons. The smallest absolute Gasteiger partial charge is 0.349 e. The monoisotopic (exact) mass is 660 g/mol. The van der Waals surface area contributed by atoms with Crippen molar-refractivity contribution >= 4 is 30.0 Å². The number of hydrogen-bond acceptors (Lipinski definition) is 10. The van der Waals surface area contributed by atoms with Crippen LogP contribution < -0.4 is 10.1 Å². The minimum atomic E-state index is -2.22. The molecule has 0 amide bonds. The molecule has 0 spiro atoms. The Hall–Kier alpha value is -5.07. The Labute approximate surface area is 278 Å². The van der Waals surface area contributed by atoms with Gasteiger partial charge in [0, 0.05) is 25.6 Å². The van der Waals surface area contributed by atoms with Crippen LogP contribution >= 0.6 is 0 Å². The molecule has 1 aromatic heterocycles. The van der Waals surface area contributed by atoms with E-state index in [1.54, 1.807) is 44.3 Å². The largest absolute Gasteiger partial charge is 0.489 e. The van der Waals surface area contributed by atoms with E-state index in [0.717, 1.165) is 61.6 Å². The fourth-order valence-electron chi connectivity index (χ4n) is 4.90. The molecule has 2 aliphatic rings. The molecule has 3 heterocycles. The van der Waals surface area contributed by atoms with E-state index >= 15 is 0 Å². The van der Waals surface area contributed by atoms with Crippen molar-refractivity contribution in [2.24, 2.45) is 5.92 Å². The Morgan fingerprint density at radius 1 is 0.833 bits per heavy atom. The summed E-state index contributed by atoms with van der Waals surface area (Å²) in [4.78, 5) is 51.6. The number of benzene rings is 2. The van der Waals surface area contributed by atoms with Gasteiger partial charge in [-0.2, -0.15) is 0 Å². The first kappa shape index (κ1) is 35.8. The molecule has 2 fully saturated rings. The van der Waals surface area contributed by atoms with Crippen LogP contribution in [0.25, 0.3) is 6.08 Å². The second-order valence-electron chi connectivity index (χ2n) is 11.6. The Morgan fingerprint density at radius 3 is 1.85 bits per heavy atom. The third-order valence-electron chi connectivity index (χ3n) is 7.67. The summed E-state index contributed by atoms with van der Waals surface area (Å²) in [5.41, 5.74) is 2.90. The summed E-state index contributed by atoms with van der Waals surface area (Å²) in [6.45, 7) is 7.39. The number of carbonyl (C=O) groups is 4. The highest BCUT2D eigenvalue weighted by Gasteiger charge is 2.41. The topological polar surface area (TPSA) is 171 Å². The Bertz CT molecular complexity index is 1480. The zero-order valence-corrected chi connectivity index (χ0v) is 26.9. The molecule has 2 saturated heterocycles. The first-order valence-electron chi connectivity index (χ1n) is 15.7. The number of carboxylic acid groups (broad SMARTS) is 2. The molecule has 48 heavy (non-hydrogen) atoms. The lowest BCUT2D eigenvalue weighted by Gasteiger charge is -2.23. The van der Waals surface area contributed by atoms with Crippen molar-refractivity contribution in [3.8, 4) is 5.75 Å². The number of aryl methyl sites for hydroxylation is 2. The van der Waals surface area contributed by atoms with Gasteiger partial charge in [0.1, 0.15) is 11.9 Å². The zero-order chi connectivity index (χ0) is 34.5. The first-order valence-corrected chi connectivity index (χ1v) is 15.7. The fourth-order valence-corrected chi connectivity index (χ4v) is 4.90. The predicted molar refractivity (Wildman–Crippen MR) is 175 cm³/mol. The lowest BCUT2D eigenvalue weighted by Crippen LogP contribution is -2.45. The second kappa shape index (κ2) is 17.7. The number of nitrogens with zero attached hydrogens (tertiary/aromatic N) is 1. The van der Waals surface area contributed by atoms with E-state index in [1.165, 1.54) is 30.7 Å². The molecule has 3 atom stereocenters. The number of ether oxygens (including phenoxy) is 4. The number of rotatable bonds is 11. The molecule has 0 bridgehead atoms. The van der Waals surface area contributed by atoms with E-state index in [0.29, 0.717) is 5.92 Å². The summed E-state index contributed by atoms with van der Waals surface area (Å²) in [5, 5.41) is 22.0. The minimum absolute atomic E-state index is 0.0332. The van der Waals surface area contributed by atoms with Crippen molar-refractivity contribution in [2.45, 2.75) is 51.4 Å². The van der Waals surface area contributed by atoms with Gasteiger partial charge in [-0.15, -0.1) is 0 Å². The van der Waals surface area contributed by atoms with Crippen molar-refractivity contribution in [3.05, 3.63) is 101 Å². The highest BCUT2D eigenvalue weighted by Crippen LogP contribution is 2.20.